The van der Waals surface area contributed by atoms with Crippen LogP contribution < -0.4 is 5.43 Å². The molecule has 2 aromatic carbocycles. The third kappa shape index (κ3) is 2.70. The molecule has 2 N–H and O–H groups in total. The molecule has 5 heteroatoms. The van der Waals surface area contributed by atoms with Crippen LogP contribution >= 0.6 is 0 Å². The third-order valence-electron chi connectivity index (χ3n) is 4.36. The molecule has 0 saturated heterocycles. The van der Waals surface area contributed by atoms with E-state index in [4.69, 9.17) is 10.8 Å². The third-order valence-corrected chi connectivity index (χ3v) is 4.36. The van der Waals surface area contributed by atoms with Crippen LogP contribution in [0, 0.1) is 12.3 Å². The van der Waals surface area contributed by atoms with Gasteiger partial charge >= 0.3 is 5.97 Å². The van der Waals surface area contributed by atoms with Crippen molar-refractivity contribution in [2.24, 2.45) is 0 Å². The van der Waals surface area contributed by atoms with E-state index in [9.17, 15) is 19.8 Å². The van der Waals surface area contributed by atoms with Gasteiger partial charge in [0.05, 0.1) is 5.56 Å². The number of phenols is 1. The van der Waals surface area contributed by atoms with Gasteiger partial charge < -0.3 is 14.6 Å². The van der Waals surface area contributed by atoms with Crippen molar-refractivity contribution >= 4 is 16.9 Å². The summed E-state index contributed by atoms with van der Waals surface area (Å²) in [6, 6.07) is 13.6. The number of benzene rings is 3. The molecule has 2 aliphatic rings. The van der Waals surface area contributed by atoms with Gasteiger partial charge in [-0.05, 0) is 42.0 Å². The van der Waals surface area contributed by atoms with Crippen molar-refractivity contribution < 1.29 is 19.4 Å². The minimum Gasteiger partial charge on any atom is -0.508 e. The molecule has 4 rings (SSSR count). The van der Waals surface area contributed by atoms with Crippen molar-refractivity contribution in [1.29, 1.82) is 0 Å². The second-order valence-corrected chi connectivity index (χ2v) is 6.03. The fourth-order valence-electron chi connectivity index (χ4n) is 3.18. The number of terminal acetylenes is 1. The van der Waals surface area contributed by atoms with Crippen LogP contribution in [-0.4, -0.2) is 16.2 Å². The van der Waals surface area contributed by atoms with E-state index in [0.29, 0.717) is 39.0 Å². The highest BCUT2D eigenvalue weighted by molar-refractivity contribution is 6.07. The molecule has 130 valence electrons. The lowest BCUT2D eigenvalue weighted by Gasteiger charge is -2.16. The topological polar surface area (TPSA) is 87.7 Å². The minimum absolute atomic E-state index is 0.00374. The lowest BCUT2D eigenvalue weighted by atomic mass is 9.90. The molecule has 1 heterocycles. The van der Waals surface area contributed by atoms with Gasteiger partial charge in [0.1, 0.15) is 17.1 Å². The smallest absolute Gasteiger partial charge is 0.336 e. The first-order valence-electron chi connectivity index (χ1n) is 8.02. The lowest BCUT2D eigenvalue weighted by molar-refractivity contribution is 0.0697. The van der Waals surface area contributed by atoms with E-state index in [1.807, 2.05) is 0 Å². The molecular formula is C22H12O5. The molecule has 2 aromatic rings. The number of hydrogen-bond donors (Lipinski definition) is 2. The molecule has 0 atom stereocenters. The molecule has 1 aliphatic heterocycles. The highest BCUT2D eigenvalue weighted by Gasteiger charge is 2.22. The molecular weight excluding hydrogens is 344 g/mol. The second kappa shape index (κ2) is 6.04. The van der Waals surface area contributed by atoms with Gasteiger partial charge in [0, 0.05) is 34.2 Å². The van der Waals surface area contributed by atoms with Crippen LogP contribution in [0.4, 0.5) is 0 Å². The van der Waals surface area contributed by atoms with E-state index in [1.165, 1.54) is 30.3 Å². The van der Waals surface area contributed by atoms with E-state index in [0.717, 1.165) is 0 Å². The molecule has 0 aromatic heterocycles. The Kier molecular flexibility index (Phi) is 3.68. The Hall–Kier alpha value is -4.04. The summed E-state index contributed by atoms with van der Waals surface area (Å²) >= 11 is 0. The average molecular weight is 356 g/mol. The average Bonchev–Trinajstić information content (AvgIpc) is 2.65. The summed E-state index contributed by atoms with van der Waals surface area (Å²) in [5, 5.41) is 20.1. The maximum absolute atomic E-state index is 11.9. The first kappa shape index (κ1) is 16.4. The van der Waals surface area contributed by atoms with E-state index in [2.05, 4.69) is 5.92 Å². The van der Waals surface area contributed by atoms with Crippen LogP contribution in [0.15, 0.2) is 63.8 Å². The van der Waals surface area contributed by atoms with Crippen molar-refractivity contribution in [3.05, 3.63) is 75.9 Å². The SMILES string of the molecule is C#Cc1ccc(-c2c3ccc(=O)cc-3oc3cc(O)ccc23)c(C(=O)O)c1. The van der Waals surface area contributed by atoms with E-state index < -0.39 is 5.97 Å². The summed E-state index contributed by atoms with van der Waals surface area (Å²) in [5.74, 6) is 1.61. The Labute approximate surface area is 153 Å². The number of hydrogen-bond acceptors (Lipinski definition) is 4. The van der Waals surface area contributed by atoms with Crippen LogP contribution in [-0.2, 0) is 0 Å². The van der Waals surface area contributed by atoms with Gasteiger partial charge in [-0.1, -0.05) is 12.0 Å². The predicted octanol–water partition coefficient (Wildman–Crippen LogP) is 3.95. The van der Waals surface area contributed by atoms with Crippen LogP contribution in [0.2, 0.25) is 0 Å². The standard InChI is InChI=1S/C22H12O5/c1-2-12-3-6-15(18(9-12)22(25)26)21-16-7-4-13(23)10-19(16)27-20-11-14(24)5-8-17(20)21/h1,3-11,23H,(H,25,26). The zero-order valence-electron chi connectivity index (χ0n) is 13.9. The first-order chi connectivity index (χ1) is 13.0. The summed E-state index contributed by atoms with van der Waals surface area (Å²) in [5.41, 5.74) is 2.20. The second-order valence-electron chi connectivity index (χ2n) is 6.03. The number of aromatic hydroxyl groups is 1. The quantitative estimate of drug-likeness (QED) is 0.419. The normalized spacial score (nSPS) is 10.8. The van der Waals surface area contributed by atoms with Gasteiger partial charge in [-0.2, -0.15) is 0 Å². The van der Waals surface area contributed by atoms with Gasteiger partial charge in [-0.25, -0.2) is 4.79 Å². The molecule has 0 amide bonds. The Bertz CT molecular complexity index is 1290. The van der Waals surface area contributed by atoms with Crippen LogP contribution in [0.1, 0.15) is 15.9 Å². The molecule has 0 unspecified atom stereocenters. The maximum atomic E-state index is 11.9. The summed E-state index contributed by atoms with van der Waals surface area (Å²) < 4.78 is 5.78. The Morgan fingerprint density at radius 2 is 1.78 bits per heavy atom. The molecule has 0 fully saturated rings. The number of carboxylic acid groups (broad SMARTS) is 1. The Balaban J connectivity index is 2.20. The number of carbonyl (C=O) groups is 1. The van der Waals surface area contributed by atoms with Gasteiger partial charge in [0.2, 0.25) is 0 Å². The molecule has 0 bridgehead atoms. The highest BCUT2D eigenvalue weighted by Crippen LogP contribution is 2.41. The Morgan fingerprint density at radius 1 is 1.00 bits per heavy atom. The maximum Gasteiger partial charge on any atom is 0.336 e. The zero-order valence-corrected chi connectivity index (χ0v) is 13.9. The largest absolute Gasteiger partial charge is 0.508 e. The van der Waals surface area contributed by atoms with Crippen molar-refractivity contribution in [3.8, 4) is 40.5 Å². The van der Waals surface area contributed by atoms with Crippen LogP contribution in [0.3, 0.4) is 0 Å². The Morgan fingerprint density at radius 3 is 2.52 bits per heavy atom. The molecule has 5 nitrogen and oxygen atoms in total. The van der Waals surface area contributed by atoms with Crippen molar-refractivity contribution in [3.63, 3.8) is 0 Å². The number of phenolic OH excluding ortho intramolecular Hbond substituents is 1. The van der Waals surface area contributed by atoms with Gasteiger partial charge in [-0.3, -0.25) is 4.79 Å². The van der Waals surface area contributed by atoms with Gasteiger partial charge in [-0.15, -0.1) is 6.42 Å². The van der Waals surface area contributed by atoms with Crippen molar-refractivity contribution in [2.75, 3.05) is 0 Å². The monoisotopic (exact) mass is 356 g/mol. The molecule has 0 saturated carbocycles. The molecule has 27 heavy (non-hydrogen) atoms. The zero-order chi connectivity index (χ0) is 19.1. The van der Waals surface area contributed by atoms with Gasteiger partial charge in [0.15, 0.2) is 5.43 Å². The number of rotatable bonds is 2. The number of aromatic carboxylic acids is 1. The van der Waals surface area contributed by atoms with Crippen molar-refractivity contribution in [1.82, 2.24) is 0 Å². The summed E-state index contributed by atoms with van der Waals surface area (Å²) in [7, 11) is 0. The number of carboxylic acids is 1. The summed E-state index contributed by atoms with van der Waals surface area (Å²) in [4.78, 5) is 23.6. The fraction of sp³-hybridized carbons (Fsp3) is 0. The molecule has 0 radical (unpaired) electrons. The molecule has 0 spiro atoms. The molecule has 1 aliphatic carbocycles. The lowest BCUT2D eigenvalue weighted by Crippen LogP contribution is -2.04. The van der Waals surface area contributed by atoms with Crippen molar-refractivity contribution in [2.45, 2.75) is 0 Å². The van der Waals surface area contributed by atoms with E-state index in [1.54, 1.807) is 24.3 Å². The summed E-state index contributed by atoms with van der Waals surface area (Å²) in [6.45, 7) is 0. The van der Waals surface area contributed by atoms with Crippen LogP contribution in [0.25, 0.3) is 33.4 Å². The van der Waals surface area contributed by atoms with E-state index >= 15 is 0 Å². The predicted molar refractivity (Wildman–Crippen MR) is 101 cm³/mol. The van der Waals surface area contributed by atoms with Gasteiger partial charge in [0.25, 0.3) is 0 Å². The highest BCUT2D eigenvalue weighted by atomic mass is 16.4. The number of fused-ring (bicyclic) bond motifs is 2. The van der Waals surface area contributed by atoms with Crippen LogP contribution in [0.5, 0.6) is 5.75 Å². The summed E-state index contributed by atoms with van der Waals surface area (Å²) in [6.07, 6.45) is 5.40. The first-order valence-corrected chi connectivity index (χ1v) is 8.02. The fourth-order valence-corrected chi connectivity index (χ4v) is 3.18. The van der Waals surface area contributed by atoms with E-state index in [-0.39, 0.29) is 16.7 Å². The minimum atomic E-state index is -1.12.